The van der Waals surface area contributed by atoms with Crippen molar-refractivity contribution in [1.82, 2.24) is 39.0 Å². The number of carbonyl (C=O) groups is 1. The van der Waals surface area contributed by atoms with Gasteiger partial charge in [0.15, 0.2) is 40.3 Å². The van der Waals surface area contributed by atoms with Crippen molar-refractivity contribution in [2.45, 2.75) is 146 Å². The molecule has 29 heteroatoms. The summed E-state index contributed by atoms with van der Waals surface area (Å²) in [5, 5.41) is 6.19. The molecular weight excluding hydrogens is 1020 g/mol. The Hall–Kier alpha value is -2.51. The van der Waals surface area contributed by atoms with Crippen LogP contribution in [0.1, 0.15) is 66.0 Å². The van der Waals surface area contributed by atoms with Crippen LogP contribution in [0.5, 0.6) is 0 Å². The third-order valence-electron chi connectivity index (χ3n) is 14.1. The van der Waals surface area contributed by atoms with Crippen molar-refractivity contribution in [3.8, 4) is 0 Å². The van der Waals surface area contributed by atoms with Crippen molar-refractivity contribution in [2.75, 3.05) is 45.0 Å². The van der Waals surface area contributed by atoms with Gasteiger partial charge in [-0.1, -0.05) is 41.5 Å². The van der Waals surface area contributed by atoms with Gasteiger partial charge < -0.3 is 62.8 Å². The van der Waals surface area contributed by atoms with Crippen LogP contribution in [-0.4, -0.2) is 142 Å². The van der Waals surface area contributed by atoms with Crippen LogP contribution < -0.4 is 21.9 Å². The van der Waals surface area contributed by atoms with Gasteiger partial charge in [-0.05, 0) is 78.3 Å². The fourth-order valence-corrected chi connectivity index (χ4v) is 13.7. The lowest BCUT2D eigenvalue weighted by Gasteiger charge is -2.41. The molecule has 0 radical (unpaired) electrons. The molecule has 4 aromatic heterocycles. The maximum absolute atomic E-state index is 13.8. The predicted molar refractivity (Wildman–Crippen MR) is 271 cm³/mol. The fourth-order valence-electron chi connectivity index (χ4n) is 8.27. The van der Waals surface area contributed by atoms with E-state index in [-0.39, 0.29) is 66.8 Å². The first kappa shape index (κ1) is 53.8. The molecule has 10 atom stereocenters. The van der Waals surface area contributed by atoms with E-state index in [0.29, 0.717) is 11.5 Å². The molecule has 0 saturated carbocycles. The zero-order valence-electron chi connectivity index (χ0n) is 41.1. The van der Waals surface area contributed by atoms with E-state index in [0.717, 1.165) is 30.3 Å². The predicted octanol–water partition coefficient (Wildman–Crippen LogP) is 4.27. The summed E-state index contributed by atoms with van der Waals surface area (Å²) in [6, 6.07) is 0. The summed E-state index contributed by atoms with van der Waals surface area (Å²) in [6.07, 6.45) is -0.530. The first-order chi connectivity index (χ1) is 32.7. The largest absolute Gasteiger partial charge is 0.408 e. The number of anilines is 1. The minimum atomic E-state index is -4.29. The minimum Gasteiger partial charge on any atom is -0.408 e. The SMILES string of the molecule is CC(C)(C)[Si](C)(C)O[C@@H]1[C@@H]2OP(O)(=S)OC[C@H]3O[C@@H](n4cnc5c(=O)n(CCOCNC(=O)CN)cnc54)[C@H](OP(O)(=S)OC[C@H]2O[C@H]1n1cc2c4c(ncnc41)NCCC2)[C@@H]3O[Si](C)(C)C(C)(C)C. The van der Waals surface area contributed by atoms with Gasteiger partial charge in [-0.15, -0.1) is 0 Å². The van der Waals surface area contributed by atoms with E-state index in [1.54, 1.807) is 0 Å². The lowest BCUT2D eigenvalue weighted by molar-refractivity contribution is -0.121. The van der Waals surface area contributed by atoms with Gasteiger partial charge in [0.1, 0.15) is 67.5 Å². The van der Waals surface area contributed by atoms with Gasteiger partial charge in [0.2, 0.25) is 5.91 Å². The first-order valence-electron chi connectivity index (χ1n) is 23.2. The van der Waals surface area contributed by atoms with Crippen molar-refractivity contribution in [2.24, 2.45) is 5.73 Å². The summed E-state index contributed by atoms with van der Waals surface area (Å²) >= 11 is 11.7. The second-order valence-electron chi connectivity index (χ2n) is 20.9. The van der Waals surface area contributed by atoms with E-state index < -0.39 is 84.7 Å². The highest BCUT2D eigenvalue weighted by molar-refractivity contribution is 8.07. The molecule has 70 heavy (non-hydrogen) atoms. The highest BCUT2D eigenvalue weighted by atomic mass is 32.5. The molecule has 4 aliphatic heterocycles. The smallest absolute Gasteiger partial charge is 0.325 e. The van der Waals surface area contributed by atoms with Gasteiger partial charge in [-0.2, -0.15) is 0 Å². The molecule has 3 saturated heterocycles. The molecule has 0 aromatic carbocycles. The van der Waals surface area contributed by atoms with Crippen LogP contribution in [0.2, 0.25) is 36.3 Å². The number of ether oxygens (including phenoxy) is 3. The quantitative estimate of drug-likeness (QED) is 0.0573. The van der Waals surface area contributed by atoms with E-state index in [1.165, 1.54) is 28.1 Å². The Morgan fingerprint density at radius 2 is 1.53 bits per heavy atom. The van der Waals surface area contributed by atoms with Crippen LogP contribution in [0.4, 0.5) is 5.82 Å². The number of rotatable bonds is 12. The third-order valence-corrected chi connectivity index (χ3v) is 26.2. The molecule has 6 N–H and O–H groups in total. The Labute approximate surface area is 418 Å². The Morgan fingerprint density at radius 3 is 2.20 bits per heavy atom. The summed E-state index contributed by atoms with van der Waals surface area (Å²) in [5.41, 5.74) is 6.63. The molecule has 1 amide bonds. The van der Waals surface area contributed by atoms with Crippen molar-refractivity contribution in [3.05, 3.63) is 41.1 Å². The van der Waals surface area contributed by atoms with Crippen LogP contribution in [0, 0.1) is 0 Å². The highest BCUT2D eigenvalue weighted by Gasteiger charge is 2.57. The number of carbonyl (C=O) groups excluding carboxylic acids is 1. The number of nitrogens with one attached hydrogen (secondary N) is 2. The number of fused-ring (bicyclic) bond motifs is 4. The summed E-state index contributed by atoms with van der Waals surface area (Å²) in [4.78, 5) is 67.9. The van der Waals surface area contributed by atoms with Crippen LogP contribution in [0.25, 0.3) is 22.2 Å². The molecule has 4 aliphatic rings. The second kappa shape index (κ2) is 20.3. The lowest BCUT2D eigenvalue weighted by atomic mass is 10.1. The zero-order valence-corrected chi connectivity index (χ0v) is 46.5. The van der Waals surface area contributed by atoms with Gasteiger partial charge in [-0.25, -0.2) is 19.9 Å². The maximum Gasteiger partial charge on any atom is 0.325 e. The molecule has 0 spiro atoms. The van der Waals surface area contributed by atoms with Crippen LogP contribution in [0.3, 0.4) is 0 Å². The molecule has 23 nitrogen and oxygen atoms in total. The number of nitrogens with two attached hydrogens (primary N) is 1. The first-order valence-corrected chi connectivity index (χ1v) is 34.2. The summed E-state index contributed by atoms with van der Waals surface area (Å²) in [7, 11) is -5.37. The monoisotopic (exact) mass is 1090 g/mol. The van der Waals surface area contributed by atoms with Crippen LogP contribution >= 0.6 is 13.4 Å². The third kappa shape index (κ3) is 11.1. The van der Waals surface area contributed by atoms with Crippen molar-refractivity contribution in [1.29, 1.82) is 0 Å². The zero-order chi connectivity index (χ0) is 50.8. The number of aromatic nitrogens is 7. The Kier molecular flexibility index (Phi) is 15.6. The topological polar surface area (TPSA) is 274 Å². The average molecular weight is 1090 g/mol. The van der Waals surface area contributed by atoms with Gasteiger partial charge in [0.05, 0.1) is 44.6 Å². The number of aryl methyl sites for hydroxylation is 1. The second-order valence-corrected chi connectivity index (χ2v) is 36.0. The Balaban J connectivity index is 1.15. The summed E-state index contributed by atoms with van der Waals surface area (Å²) in [5.74, 6) is 0.334. The molecular formula is C41H66N10O13P2S2Si2. The van der Waals surface area contributed by atoms with Crippen molar-refractivity contribution >= 4 is 87.6 Å². The van der Waals surface area contributed by atoms with Crippen molar-refractivity contribution < 1.29 is 55.7 Å². The number of amides is 1. The van der Waals surface area contributed by atoms with Gasteiger partial charge in [0.25, 0.3) is 5.56 Å². The standard InChI is InChI=1S/C41H66N10O13P2S2Si2/c1-40(2,3)69(7,8)63-31-26-19-58-65(54,67)61-30-25(59-39(33(30)64-70(9,10)41(4,5)6)50-17-24-12-11-13-43-34-28(24)35(50)45-20-44-34)18-57-66(55,68)62-32(31)38(60-26)51-22-46-29-36(51)47-21-49(37(29)53)14-15-56-23-48-27(52)16-42/h17,20-22,25-26,30-33,38-39H,11-16,18-19,23,42H2,1-10H3,(H,48,52)(H,54,67)(H,55,68)(H,43,44,45)/t25-,26-,30-,31-,32-,33-,38-,39-,65?,66?/m1/s1. The fraction of sp³-hybridized carbons (Fsp3) is 0.707. The van der Waals surface area contributed by atoms with E-state index in [4.69, 9.17) is 75.5 Å². The molecule has 2 unspecified atom stereocenters. The van der Waals surface area contributed by atoms with Crippen LogP contribution in [-0.2, 0) is 82.5 Å². The Bertz CT molecular complexity index is 2740. The molecule has 8 rings (SSSR count). The average Bonchev–Trinajstić information content (AvgIpc) is 3.99. The van der Waals surface area contributed by atoms with E-state index in [9.17, 15) is 19.4 Å². The molecule has 2 bridgehead atoms. The number of hydrogen-bond acceptors (Lipinski definition) is 19. The molecule has 4 aromatic rings. The lowest BCUT2D eigenvalue weighted by Crippen LogP contribution is -2.50. The van der Waals surface area contributed by atoms with E-state index >= 15 is 0 Å². The Morgan fingerprint density at radius 1 is 0.886 bits per heavy atom. The normalized spacial score (nSPS) is 30.3. The minimum absolute atomic E-state index is 0.00310. The van der Waals surface area contributed by atoms with E-state index in [2.05, 4.69) is 80.2 Å². The summed E-state index contributed by atoms with van der Waals surface area (Å²) < 4.78 is 63.7. The molecule has 8 heterocycles. The summed E-state index contributed by atoms with van der Waals surface area (Å²) in [6.45, 7) is 12.3. The number of nitrogens with zero attached hydrogens (tertiary/aromatic N) is 7. The highest BCUT2D eigenvalue weighted by Crippen LogP contribution is 2.56. The molecule has 388 valence electrons. The maximum atomic E-state index is 13.8. The number of hydrogen-bond donors (Lipinski definition) is 5. The molecule has 3 fully saturated rings. The van der Waals surface area contributed by atoms with Gasteiger partial charge in [0, 0.05) is 12.7 Å². The van der Waals surface area contributed by atoms with E-state index in [1.807, 2.05) is 23.9 Å². The molecule has 0 aliphatic carbocycles. The van der Waals surface area contributed by atoms with Crippen LogP contribution in [0.15, 0.2) is 30.0 Å². The number of imidazole rings is 1. The van der Waals surface area contributed by atoms with Gasteiger partial charge >= 0.3 is 13.4 Å². The van der Waals surface area contributed by atoms with Crippen molar-refractivity contribution in [3.63, 3.8) is 0 Å². The van der Waals surface area contributed by atoms with Gasteiger partial charge in [-0.3, -0.25) is 27.8 Å².